The molecular weight excluding hydrogens is 433 g/mol. The number of hydrogen-bond donors (Lipinski definition) is 0. The second kappa shape index (κ2) is 10.2. The highest BCUT2D eigenvalue weighted by Crippen LogP contribution is 2.27. The van der Waals surface area contributed by atoms with Crippen LogP contribution in [0, 0.1) is 5.82 Å². The quantitative estimate of drug-likeness (QED) is 0.490. The number of thioether (sulfide) groups is 1. The summed E-state index contributed by atoms with van der Waals surface area (Å²) in [4.78, 5) is 21.5. The SMILES string of the molecule is COc1cccc(N2CCN(C(=O)Cc3csc(SCc4ccc(F)cc4)n3)CC2)c1. The van der Waals surface area contributed by atoms with Crippen molar-refractivity contribution in [1.29, 1.82) is 0 Å². The van der Waals surface area contributed by atoms with Gasteiger partial charge in [0.25, 0.3) is 0 Å². The van der Waals surface area contributed by atoms with Gasteiger partial charge in [0.2, 0.25) is 5.91 Å². The van der Waals surface area contributed by atoms with Crippen molar-refractivity contribution in [2.75, 3.05) is 38.2 Å². The van der Waals surface area contributed by atoms with E-state index in [2.05, 4.69) is 16.0 Å². The van der Waals surface area contributed by atoms with Crippen LogP contribution in [0.15, 0.2) is 58.3 Å². The van der Waals surface area contributed by atoms with Gasteiger partial charge in [0, 0.05) is 49.1 Å². The Morgan fingerprint density at radius 1 is 1.16 bits per heavy atom. The Morgan fingerprint density at radius 3 is 2.68 bits per heavy atom. The van der Waals surface area contributed by atoms with Gasteiger partial charge in [-0.25, -0.2) is 9.37 Å². The van der Waals surface area contributed by atoms with E-state index in [-0.39, 0.29) is 11.7 Å². The molecule has 0 bridgehead atoms. The molecule has 0 spiro atoms. The fourth-order valence-electron chi connectivity index (χ4n) is 3.45. The van der Waals surface area contributed by atoms with E-state index < -0.39 is 0 Å². The minimum absolute atomic E-state index is 0.116. The fourth-order valence-corrected chi connectivity index (χ4v) is 5.25. The van der Waals surface area contributed by atoms with Crippen molar-refractivity contribution in [3.05, 3.63) is 71.0 Å². The number of aromatic nitrogens is 1. The van der Waals surface area contributed by atoms with Gasteiger partial charge < -0.3 is 14.5 Å². The third-order valence-corrected chi connectivity index (χ3v) is 7.33. The molecule has 4 rings (SSSR count). The predicted molar refractivity (Wildman–Crippen MR) is 124 cm³/mol. The number of carbonyl (C=O) groups excluding carboxylic acids is 1. The van der Waals surface area contributed by atoms with E-state index in [1.807, 2.05) is 28.5 Å². The molecule has 8 heteroatoms. The van der Waals surface area contributed by atoms with Crippen LogP contribution in [-0.2, 0) is 17.0 Å². The summed E-state index contributed by atoms with van der Waals surface area (Å²) >= 11 is 3.16. The summed E-state index contributed by atoms with van der Waals surface area (Å²) in [5.41, 5.74) is 2.98. The molecule has 0 unspecified atom stereocenters. The van der Waals surface area contributed by atoms with Crippen molar-refractivity contribution in [2.45, 2.75) is 16.5 Å². The van der Waals surface area contributed by atoms with Gasteiger partial charge >= 0.3 is 0 Å². The molecule has 0 N–H and O–H groups in total. The van der Waals surface area contributed by atoms with Crippen LogP contribution < -0.4 is 9.64 Å². The molecule has 162 valence electrons. The third kappa shape index (κ3) is 5.77. The van der Waals surface area contributed by atoms with Gasteiger partial charge in [-0.15, -0.1) is 11.3 Å². The Bertz CT molecular complexity index is 1020. The van der Waals surface area contributed by atoms with Crippen LogP contribution in [0.4, 0.5) is 10.1 Å². The number of methoxy groups -OCH3 is 1. The topological polar surface area (TPSA) is 45.7 Å². The summed E-state index contributed by atoms with van der Waals surface area (Å²) in [6, 6.07) is 14.5. The minimum Gasteiger partial charge on any atom is -0.497 e. The maximum absolute atomic E-state index is 13.0. The molecule has 1 aromatic heterocycles. The van der Waals surface area contributed by atoms with Gasteiger partial charge in [0.1, 0.15) is 15.9 Å². The lowest BCUT2D eigenvalue weighted by atomic mass is 10.2. The zero-order valence-corrected chi connectivity index (χ0v) is 18.9. The summed E-state index contributed by atoms with van der Waals surface area (Å²) in [6.07, 6.45) is 0.326. The largest absolute Gasteiger partial charge is 0.497 e. The maximum atomic E-state index is 13.0. The second-order valence-corrected chi connectivity index (χ2v) is 9.35. The van der Waals surface area contributed by atoms with Crippen LogP contribution in [0.2, 0.25) is 0 Å². The highest BCUT2D eigenvalue weighted by molar-refractivity contribution is 8.00. The van der Waals surface area contributed by atoms with Gasteiger partial charge in [-0.1, -0.05) is 30.0 Å². The monoisotopic (exact) mass is 457 g/mol. The maximum Gasteiger partial charge on any atom is 0.228 e. The lowest BCUT2D eigenvalue weighted by Gasteiger charge is -2.36. The normalized spacial score (nSPS) is 14.0. The number of carbonyl (C=O) groups is 1. The molecule has 1 fully saturated rings. The van der Waals surface area contributed by atoms with Crippen molar-refractivity contribution in [3.8, 4) is 5.75 Å². The van der Waals surface area contributed by atoms with Gasteiger partial charge in [-0.2, -0.15) is 0 Å². The average Bonchev–Trinajstić information content (AvgIpc) is 3.26. The van der Waals surface area contributed by atoms with Gasteiger partial charge in [0.05, 0.1) is 19.2 Å². The first kappa shape index (κ1) is 21.6. The van der Waals surface area contributed by atoms with Crippen LogP contribution in [0.1, 0.15) is 11.3 Å². The van der Waals surface area contributed by atoms with E-state index in [4.69, 9.17) is 4.74 Å². The first-order chi connectivity index (χ1) is 15.1. The Morgan fingerprint density at radius 2 is 1.94 bits per heavy atom. The number of amides is 1. The molecule has 0 atom stereocenters. The molecule has 0 saturated carbocycles. The second-order valence-electron chi connectivity index (χ2n) is 7.27. The van der Waals surface area contributed by atoms with E-state index in [0.717, 1.165) is 45.9 Å². The number of nitrogens with zero attached hydrogens (tertiary/aromatic N) is 3. The van der Waals surface area contributed by atoms with Crippen molar-refractivity contribution in [3.63, 3.8) is 0 Å². The van der Waals surface area contributed by atoms with Crippen LogP contribution in [-0.4, -0.2) is 49.1 Å². The highest BCUT2D eigenvalue weighted by atomic mass is 32.2. The smallest absolute Gasteiger partial charge is 0.228 e. The van der Waals surface area contributed by atoms with E-state index in [1.165, 1.54) is 12.1 Å². The molecule has 1 saturated heterocycles. The van der Waals surface area contributed by atoms with Crippen molar-refractivity contribution >= 4 is 34.7 Å². The summed E-state index contributed by atoms with van der Waals surface area (Å²) in [5.74, 6) is 1.46. The summed E-state index contributed by atoms with van der Waals surface area (Å²) in [5, 5.41) is 1.96. The molecule has 0 aliphatic carbocycles. The highest BCUT2D eigenvalue weighted by Gasteiger charge is 2.22. The minimum atomic E-state index is -0.229. The summed E-state index contributed by atoms with van der Waals surface area (Å²) in [7, 11) is 1.67. The number of hydrogen-bond acceptors (Lipinski definition) is 6. The van der Waals surface area contributed by atoms with Gasteiger partial charge in [-0.05, 0) is 29.8 Å². The van der Waals surface area contributed by atoms with E-state index >= 15 is 0 Å². The van der Waals surface area contributed by atoms with Gasteiger partial charge in [-0.3, -0.25) is 4.79 Å². The zero-order chi connectivity index (χ0) is 21.6. The number of ether oxygens (including phenoxy) is 1. The molecule has 2 heterocycles. The summed E-state index contributed by atoms with van der Waals surface area (Å²) < 4.78 is 19.2. The summed E-state index contributed by atoms with van der Waals surface area (Å²) in [6.45, 7) is 3.00. The zero-order valence-electron chi connectivity index (χ0n) is 17.3. The molecule has 2 aromatic carbocycles. The van der Waals surface area contributed by atoms with E-state index in [9.17, 15) is 9.18 Å². The Hall–Kier alpha value is -2.58. The molecule has 0 radical (unpaired) electrons. The predicted octanol–water partition coefficient (Wildman–Crippen LogP) is 4.47. The van der Waals surface area contributed by atoms with Crippen molar-refractivity contribution < 1.29 is 13.9 Å². The standard InChI is InChI=1S/C23H24FN3O2S2/c1-29-21-4-2-3-20(14-21)26-9-11-27(12-10-26)22(28)13-19-16-31-23(25-19)30-15-17-5-7-18(24)8-6-17/h2-8,14,16H,9-13,15H2,1H3. The lowest BCUT2D eigenvalue weighted by molar-refractivity contribution is -0.130. The first-order valence-electron chi connectivity index (χ1n) is 10.1. The average molecular weight is 458 g/mol. The van der Waals surface area contributed by atoms with E-state index in [1.54, 1.807) is 42.3 Å². The number of benzene rings is 2. The molecule has 31 heavy (non-hydrogen) atoms. The number of anilines is 1. The Kier molecular flexibility index (Phi) is 7.09. The molecule has 1 amide bonds. The molecular formula is C23H24FN3O2S2. The third-order valence-electron chi connectivity index (χ3n) is 5.19. The molecule has 1 aliphatic heterocycles. The number of thiazole rings is 1. The Balaban J connectivity index is 1.26. The van der Waals surface area contributed by atoms with Crippen LogP contribution in [0.5, 0.6) is 5.75 Å². The first-order valence-corrected chi connectivity index (χ1v) is 12.0. The van der Waals surface area contributed by atoms with Crippen molar-refractivity contribution in [1.82, 2.24) is 9.88 Å². The number of rotatable bonds is 7. The lowest BCUT2D eigenvalue weighted by Crippen LogP contribution is -2.49. The molecule has 5 nitrogen and oxygen atoms in total. The fraction of sp³-hybridized carbons (Fsp3) is 0.304. The van der Waals surface area contributed by atoms with Gasteiger partial charge in [0.15, 0.2) is 0 Å². The van der Waals surface area contributed by atoms with Crippen LogP contribution >= 0.6 is 23.1 Å². The van der Waals surface area contributed by atoms with Crippen molar-refractivity contribution in [2.24, 2.45) is 0 Å². The Labute approximate surface area is 189 Å². The number of piperazine rings is 1. The molecule has 3 aromatic rings. The molecule has 1 aliphatic rings. The number of halogens is 1. The van der Waals surface area contributed by atoms with Crippen LogP contribution in [0.25, 0.3) is 0 Å². The van der Waals surface area contributed by atoms with E-state index in [0.29, 0.717) is 19.5 Å². The van der Waals surface area contributed by atoms with Crippen LogP contribution in [0.3, 0.4) is 0 Å².